The predicted molar refractivity (Wildman–Crippen MR) is 100 cm³/mol. The van der Waals surface area contributed by atoms with Crippen molar-refractivity contribution < 1.29 is 18.4 Å². The van der Waals surface area contributed by atoms with Gasteiger partial charge in [-0.2, -0.15) is 0 Å². The first-order chi connectivity index (χ1) is 13.0. The normalized spacial score (nSPS) is 14.0. The van der Waals surface area contributed by atoms with Crippen LogP contribution in [0, 0.1) is 12.7 Å². The first-order valence-corrected chi connectivity index (χ1v) is 9.33. The molecule has 1 N–H and O–H groups in total. The van der Waals surface area contributed by atoms with Gasteiger partial charge in [-0.3, -0.25) is 9.59 Å². The van der Waals surface area contributed by atoms with E-state index in [1.54, 1.807) is 17.5 Å². The number of amides is 2. The molecular formula is C19H16FN3O3S. The minimum Gasteiger partial charge on any atom is -0.459 e. The van der Waals surface area contributed by atoms with Crippen molar-refractivity contribution in [2.75, 3.05) is 16.8 Å². The van der Waals surface area contributed by atoms with Gasteiger partial charge in [0, 0.05) is 24.0 Å². The number of furan rings is 1. The Kier molecular flexibility index (Phi) is 4.49. The zero-order chi connectivity index (χ0) is 19.0. The first kappa shape index (κ1) is 17.4. The fraction of sp³-hybridized carbons (Fsp3) is 0.211. The average Bonchev–Trinajstić information content (AvgIpc) is 3.36. The molecule has 0 atom stereocenters. The third kappa shape index (κ3) is 3.48. The lowest BCUT2D eigenvalue weighted by Crippen LogP contribution is -2.24. The maximum Gasteiger partial charge on any atom is 0.275 e. The lowest BCUT2D eigenvalue weighted by molar-refractivity contribution is -0.117. The van der Waals surface area contributed by atoms with Gasteiger partial charge in [0.25, 0.3) is 5.91 Å². The molecular weight excluding hydrogens is 369 g/mol. The Bertz CT molecular complexity index is 1030. The largest absolute Gasteiger partial charge is 0.459 e. The van der Waals surface area contributed by atoms with Crippen LogP contribution < -0.4 is 10.2 Å². The monoisotopic (exact) mass is 385 g/mol. The molecule has 0 aliphatic carbocycles. The molecule has 0 bridgehead atoms. The van der Waals surface area contributed by atoms with Gasteiger partial charge < -0.3 is 14.6 Å². The van der Waals surface area contributed by atoms with Gasteiger partial charge in [0.15, 0.2) is 10.8 Å². The van der Waals surface area contributed by atoms with Gasteiger partial charge in [-0.1, -0.05) is 0 Å². The van der Waals surface area contributed by atoms with E-state index in [1.165, 1.54) is 28.4 Å². The molecule has 0 saturated carbocycles. The standard InChI is InChI=1S/C19H16FN3O3S/c1-11-4-7-16(26-11)19-22-14(10-27-19)18(25)21-12-5-6-15(13(20)9-12)23-8-2-3-17(23)24/h4-7,9-10H,2-3,8H2,1H3,(H,21,25). The Balaban J connectivity index is 1.49. The molecule has 1 aliphatic rings. The molecule has 2 aromatic heterocycles. The van der Waals surface area contributed by atoms with Crippen LogP contribution in [0.5, 0.6) is 0 Å². The van der Waals surface area contributed by atoms with Crippen LogP contribution in [0.2, 0.25) is 0 Å². The molecule has 4 rings (SSSR count). The molecule has 0 unspecified atom stereocenters. The number of rotatable bonds is 4. The molecule has 6 nitrogen and oxygen atoms in total. The van der Waals surface area contributed by atoms with Gasteiger partial charge in [-0.05, 0) is 43.7 Å². The molecule has 1 aliphatic heterocycles. The maximum absolute atomic E-state index is 14.4. The van der Waals surface area contributed by atoms with Gasteiger partial charge in [0.1, 0.15) is 17.3 Å². The maximum atomic E-state index is 14.4. The minimum absolute atomic E-state index is 0.0890. The number of hydrogen-bond acceptors (Lipinski definition) is 5. The molecule has 1 fully saturated rings. The van der Waals surface area contributed by atoms with E-state index in [0.29, 0.717) is 29.4 Å². The molecule has 8 heteroatoms. The van der Waals surface area contributed by atoms with Crippen molar-refractivity contribution in [2.45, 2.75) is 19.8 Å². The van der Waals surface area contributed by atoms with Crippen molar-refractivity contribution in [2.24, 2.45) is 0 Å². The number of anilines is 2. The summed E-state index contributed by atoms with van der Waals surface area (Å²) in [6.45, 7) is 2.34. The molecule has 3 heterocycles. The lowest BCUT2D eigenvalue weighted by Gasteiger charge is -2.17. The van der Waals surface area contributed by atoms with Crippen LogP contribution in [0.15, 0.2) is 40.1 Å². The Hall–Kier alpha value is -3.00. The number of carbonyl (C=O) groups excluding carboxylic acids is 2. The zero-order valence-electron chi connectivity index (χ0n) is 14.5. The van der Waals surface area contributed by atoms with E-state index in [2.05, 4.69) is 10.3 Å². The Morgan fingerprint density at radius 1 is 1.33 bits per heavy atom. The summed E-state index contributed by atoms with van der Waals surface area (Å²) in [4.78, 5) is 29.9. The molecule has 2 amide bonds. The molecule has 138 valence electrons. The summed E-state index contributed by atoms with van der Waals surface area (Å²) in [5.74, 6) is 0.285. The summed E-state index contributed by atoms with van der Waals surface area (Å²) in [7, 11) is 0. The summed E-state index contributed by atoms with van der Waals surface area (Å²) in [5.41, 5.74) is 0.763. The van der Waals surface area contributed by atoms with Crippen molar-refractivity contribution in [1.29, 1.82) is 0 Å². The first-order valence-electron chi connectivity index (χ1n) is 8.45. The molecule has 3 aromatic rings. The summed E-state index contributed by atoms with van der Waals surface area (Å²) < 4.78 is 19.9. The van der Waals surface area contributed by atoms with E-state index >= 15 is 0 Å². The summed E-state index contributed by atoms with van der Waals surface area (Å²) in [6.07, 6.45) is 1.15. The number of aromatic nitrogens is 1. The van der Waals surface area contributed by atoms with Crippen molar-refractivity contribution in [3.05, 3.63) is 53.0 Å². The lowest BCUT2D eigenvalue weighted by atomic mass is 10.2. The topological polar surface area (TPSA) is 75.4 Å². The number of benzene rings is 1. The van der Waals surface area contributed by atoms with E-state index in [1.807, 2.05) is 13.0 Å². The third-order valence-electron chi connectivity index (χ3n) is 4.26. The summed E-state index contributed by atoms with van der Waals surface area (Å²) in [6, 6.07) is 7.91. The van der Waals surface area contributed by atoms with Crippen molar-refractivity contribution >= 4 is 34.5 Å². The highest BCUT2D eigenvalue weighted by molar-refractivity contribution is 7.13. The second-order valence-corrected chi connectivity index (χ2v) is 7.08. The van der Waals surface area contributed by atoms with Crippen LogP contribution in [0.4, 0.5) is 15.8 Å². The molecule has 1 saturated heterocycles. The quantitative estimate of drug-likeness (QED) is 0.729. The van der Waals surface area contributed by atoms with Gasteiger partial charge in [0.05, 0.1) is 5.69 Å². The Labute approximate surface area is 158 Å². The van der Waals surface area contributed by atoms with Gasteiger partial charge in [0.2, 0.25) is 5.91 Å². The number of thiazole rings is 1. The summed E-state index contributed by atoms with van der Waals surface area (Å²) in [5, 5.41) is 4.85. The smallest absolute Gasteiger partial charge is 0.275 e. The van der Waals surface area contributed by atoms with Crippen LogP contribution in [0.3, 0.4) is 0 Å². The Morgan fingerprint density at radius 2 is 2.19 bits per heavy atom. The van der Waals surface area contributed by atoms with Gasteiger partial charge in [-0.25, -0.2) is 9.37 Å². The number of nitrogens with zero attached hydrogens (tertiary/aromatic N) is 2. The van der Waals surface area contributed by atoms with E-state index in [0.717, 1.165) is 12.2 Å². The van der Waals surface area contributed by atoms with Crippen molar-refractivity contribution in [3.8, 4) is 10.8 Å². The van der Waals surface area contributed by atoms with Gasteiger partial charge >= 0.3 is 0 Å². The van der Waals surface area contributed by atoms with Crippen LogP contribution >= 0.6 is 11.3 Å². The van der Waals surface area contributed by atoms with E-state index in [9.17, 15) is 14.0 Å². The fourth-order valence-corrected chi connectivity index (χ4v) is 3.70. The second kappa shape index (κ2) is 6.96. The number of carbonyl (C=O) groups is 2. The van der Waals surface area contributed by atoms with Crippen molar-refractivity contribution in [1.82, 2.24) is 4.98 Å². The van der Waals surface area contributed by atoms with Crippen LogP contribution in [-0.2, 0) is 4.79 Å². The average molecular weight is 385 g/mol. The minimum atomic E-state index is -0.548. The van der Waals surface area contributed by atoms with Crippen LogP contribution in [0.25, 0.3) is 10.8 Å². The molecule has 0 radical (unpaired) electrons. The van der Waals surface area contributed by atoms with Crippen LogP contribution in [0.1, 0.15) is 29.1 Å². The number of nitrogens with one attached hydrogen (secondary N) is 1. The predicted octanol–water partition coefficient (Wildman–Crippen LogP) is 4.23. The van der Waals surface area contributed by atoms with Gasteiger partial charge in [-0.15, -0.1) is 11.3 Å². The van der Waals surface area contributed by atoms with Crippen molar-refractivity contribution in [3.63, 3.8) is 0 Å². The number of halogens is 1. The SMILES string of the molecule is Cc1ccc(-c2nc(C(=O)Nc3ccc(N4CCCC4=O)c(F)c3)cs2)o1. The highest BCUT2D eigenvalue weighted by atomic mass is 32.1. The second-order valence-electron chi connectivity index (χ2n) is 6.22. The zero-order valence-corrected chi connectivity index (χ0v) is 15.3. The highest BCUT2D eigenvalue weighted by Gasteiger charge is 2.24. The summed E-state index contributed by atoms with van der Waals surface area (Å²) >= 11 is 1.29. The van der Waals surface area contributed by atoms with E-state index in [-0.39, 0.29) is 17.3 Å². The van der Waals surface area contributed by atoms with Crippen LogP contribution in [-0.4, -0.2) is 23.3 Å². The third-order valence-corrected chi connectivity index (χ3v) is 5.11. The number of hydrogen-bond donors (Lipinski definition) is 1. The molecule has 1 aromatic carbocycles. The highest BCUT2D eigenvalue weighted by Crippen LogP contribution is 2.28. The molecule has 0 spiro atoms. The number of aryl methyl sites for hydroxylation is 1. The Morgan fingerprint density at radius 3 is 2.85 bits per heavy atom. The van der Waals surface area contributed by atoms with E-state index in [4.69, 9.17) is 4.42 Å². The molecule has 27 heavy (non-hydrogen) atoms. The fourth-order valence-electron chi connectivity index (χ4n) is 2.94. The van der Waals surface area contributed by atoms with E-state index < -0.39 is 11.7 Å².